The van der Waals surface area contributed by atoms with Crippen molar-refractivity contribution in [2.45, 2.75) is 0 Å². The molecule has 0 aliphatic heterocycles. The molecule has 0 heterocycles. The van der Waals surface area contributed by atoms with Gasteiger partial charge in [-0.15, -0.1) is 11.6 Å². The van der Waals surface area contributed by atoms with E-state index in [9.17, 15) is 4.79 Å². The van der Waals surface area contributed by atoms with Crippen molar-refractivity contribution in [3.8, 4) is 11.1 Å². The SMILES string of the molecule is O=C(CCl)c1ccc(-c2ccc(C=S)cc2)cc1. The third kappa shape index (κ3) is 2.84. The summed E-state index contributed by atoms with van der Waals surface area (Å²) in [5.74, 6) is -0.0397. The van der Waals surface area contributed by atoms with Crippen molar-refractivity contribution in [1.82, 2.24) is 0 Å². The van der Waals surface area contributed by atoms with E-state index in [4.69, 9.17) is 23.8 Å². The van der Waals surface area contributed by atoms with Gasteiger partial charge in [0.25, 0.3) is 0 Å². The summed E-state index contributed by atoms with van der Waals surface area (Å²) in [6.07, 6.45) is 0. The summed E-state index contributed by atoms with van der Waals surface area (Å²) < 4.78 is 0. The number of rotatable bonds is 4. The minimum Gasteiger partial charge on any atom is -0.293 e. The van der Waals surface area contributed by atoms with E-state index < -0.39 is 0 Å². The number of hydrogen-bond acceptors (Lipinski definition) is 2. The lowest BCUT2D eigenvalue weighted by Crippen LogP contribution is -1.99. The lowest BCUT2D eigenvalue weighted by atomic mass is 10.0. The van der Waals surface area contributed by atoms with Crippen molar-refractivity contribution in [1.29, 1.82) is 0 Å². The van der Waals surface area contributed by atoms with Gasteiger partial charge < -0.3 is 0 Å². The molecule has 0 radical (unpaired) electrons. The number of carbonyl (C=O) groups is 1. The lowest BCUT2D eigenvalue weighted by Gasteiger charge is -2.03. The fourth-order valence-electron chi connectivity index (χ4n) is 1.68. The first kappa shape index (κ1) is 12.9. The van der Waals surface area contributed by atoms with E-state index in [0.29, 0.717) is 5.56 Å². The van der Waals surface area contributed by atoms with Crippen LogP contribution in [0, 0.1) is 0 Å². The highest BCUT2D eigenvalue weighted by Gasteiger charge is 2.04. The summed E-state index contributed by atoms with van der Waals surface area (Å²) in [6.45, 7) is 0. The highest BCUT2D eigenvalue weighted by Crippen LogP contribution is 2.20. The van der Waals surface area contributed by atoms with E-state index in [2.05, 4.69) is 0 Å². The van der Waals surface area contributed by atoms with Crippen LogP contribution in [0.4, 0.5) is 0 Å². The van der Waals surface area contributed by atoms with Gasteiger partial charge in [0.05, 0.1) is 5.88 Å². The Hall–Kier alpha value is -1.51. The molecule has 1 nitrogen and oxygen atoms in total. The van der Waals surface area contributed by atoms with Gasteiger partial charge >= 0.3 is 0 Å². The van der Waals surface area contributed by atoms with Crippen molar-refractivity contribution in [2.24, 2.45) is 0 Å². The average Bonchev–Trinajstić information content (AvgIpc) is 2.47. The molecule has 0 amide bonds. The third-order valence-electron chi connectivity index (χ3n) is 2.71. The maximum absolute atomic E-state index is 11.4. The summed E-state index contributed by atoms with van der Waals surface area (Å²) >= 11 is 10.4. The van der Waals surface area contributed by atoms with Crippen LogP contribution in [-0.4, -0.2) is 17.0 Å². The first-order valence-corrected chi connectivity index (χ1v) is 6.50. The molecular weight excluding hydrogens is 264 g/mol. The molecule has 2 aromatic carbocycles. The zero-order valence-electron chi connectivity index (χ0n) is 9.60. The Balaban J connectivity index is 2.28. The Labute approximate surface area is 116 Å². The first-order chi connectivity index (χ1) is 8.74. The van der Waals surface area contributed by atoms with Gasteiger partial charge in [-0.25, -0.2) is 0 Å². The zero-order chi connectivity index (χ0) is 13.0. The number of benzene rings is 2. The van der Waals surface area contributed by atoms with E-state index in [1.54, 1.807) is 17.5 Å². The molecule has 0 unspecified atom stereocenters. The number of ketones is 1. The Kier molecular flexibility index (Phi) is 4.24. The van der Waals surface area contributed by atoms with Gasteiger partial charge in [0.1, 0.15) is 0 Å². The van der Waals surface area contributed by atoms with Crippen molar-refractivity contribution in [3.05, 3.63) is 59.7 Å². The predicted octanol–water partition coefficient (Wildman–Crippen LogP) is 4.12. The maximum atomic E-state index is 11.4. The summed E-state index contributed by atoms with van der Waals surface area (Å²) in [6, 6.07) is 15.4. The molecule has 3 heteroatoms. The Morgan fingerprint density at radius 2 is 1.50 bits per heavy atom. The van der Waals surface area contributed by atoms with Crippen LogP contribution in [0.5, 0.6) is 0 Å². The van der Waals surface area contributed by atoms with Crippen LogP contribution in [-0.2, 0) is 0 Å². The summed E-state index contributed by atoms with van der Waals surface area (Å²) in [7, 11) is 0. The van der Waals surface area contributed by atoms with Crippen molar-refractivity contribution in [2.75, 3.05) is 5.88 Å². The van der Waals surface area contributed by atoms with Crippen molar-refractivity contribution < 1.29 is 4.79 Å². The molecule has 0 aromatic heterocycles. The van der Waals surface area contributed by atoms with Crippen LogP contribution in [0.1, 0.15) is 15.9 Å². The highest BCUT2D eigenvalue weighted by atomic mass is 35.5. The number of alkyl halides is 1. The van der Waals surface area contributed by atoms with Crippen LogP contribution in [0.2, 0.25) is 0 Å². The fraction of sp³-hybridized carbons (Fsp3) is 0.0667. The normalized spacial score (nSPS) is 10.1. The second kappa shape index (κ2) is 5.89. The number of Topliss-reactive ketones (excluding diaryl/α,β-unsaturated/α-hetero) is 1. The first-order valence-electron chi connectivity index (χ1n) is 5.49. The highest BCUT2D eigenvalue weighted by molar-refractivity contribution is 7.79. The van der Waals surface area contributed by atoms with E-state index in [1.165, 1.54) is 0 Å². The number of hydrogen-bond donors (Lipinski definition) is 0. The molecule has 0 spiro atoms. The van der Waals surface area contributed by atoms with Gasteiger partial charge in [-0.2, -0.15) is 0 Å². The van der Waals surface area contributed by atoms with Gasteiger partial charge in [0.15, 0.2) is 5.78 Å². The minimum atomic E-state index is -0.0562. The van der Waals surface area contributed by atoms with Gasteiger partial charge in [-0.1, -0.05) is 60.7 Å². The van der Waals surface area contributed by atoms with Gasteiger partial charge in [-0.3, -0.25) is 4.79 Å². The van der Waals surface area contributed by atoms with E-state index >= 15 is 0 Å². The fourth-order valence-corrected chi connectivity index (χ4v) is 1.99. The molecule has 0 aliphatic carbocycles. The maximum Gasteiger partial charge on any atom is 0.177 e. The molecule has 90 valence electrons. The molecule has 0 N–H and O–H groups in total. The van der Waals surface area contributed by atoms with Gasteiger partial charge in [0.2, 0.25) is 0 Å². The van der Waals surface area contributed by atoms with E-state index in [1.807, 2.05) is 36.4 Å². The Morgan fingerprint density at radius 3 is 1.94 bits per heavy atom. The summed E-state index contributed by atoms with van der Waals surface area (Å²) in [5, 5.41) is 1.64. The van der Waals surface area contributed by atoms with Crippen LogP contribution < -0.4 is 0 Å². The zero-order valence-corrected chi connectivity index (χ0v) is 11.2. The molecular formula is C15H11ClOS. The topological polar surface area (TPSA) is 17.1 Å². The molecule has 18 heavy (non-hydrogen) atoms. The van der Waals surface area contributed by atoms with Crippen LogP contribution in [0.25, 0.3) is 11.1 Å². The lowest BCUT2D eigenvalue weighted by molar-refractivity contribution is 0.102. The third-order valence-corrected chi connectivity index (χ3v) is 3.22. The second-order valence-corrected chi connectivity index (χ2v) is 4.38. The predicted molar refractivity (Wildman–Crippen MR) is 79.7 cm³/mol. The smallest absolute Gasteiger partial charge is 0.177 e. The molecule has 0 aliphatic rings. The Morgan fingerprint density at radius 1 is 1.00 bits per heavy atom. The van der Waals surface area contributed by atoms with E-state index in [-0.39, 0.29) is 11.7 Å². The van der Waals surface area contributed by atoms with Crippen LogP contribution >= 0.6 is 23.8 Å². The quantitative estimate of drug-likeness (QED) is 0.474. The molecule has 0 saturated heterocycles. The average molecular weight is 275 g/mol. The van der Waals surface area contributed by atoms with E-state index in [0.717, 1.165) is 16.7 Å². The standard InChI is InChI=1S/C15H11ClOS/c16-9-15(17)14-7-5-13(6-8-14)12-3-1-11(10-18)2-4-12/h1-8,10H,9H2. The summed E-state index contributed by atoms with van der Waals surface area (Å²) in [4.78, 5) is 11.4. The van der Waals surface area contributed by atoms with Crippen molar-refractivity contribution in [3.63, 3.8) is 0 Å². The van der Waals surface area contributed by atoms with Crippen LogP contribution in [0.3, 0.4) is 0 Å². The number of thiocarbonyl (C=S) groups is 1. The molecule has 0 fully saturated rings. The monoisotopic (exact) mass is 274 g/mol. The largest absolute Gasteiger partial charge is 0.293 e. The number of halogens is 1. The Bertz CT molecular complexity index is 558. The van der Waals surface area contributed by atoms with Crippen molar-refractivity contribution >= 4 is 35.0 Å². The van der Waals surface area contributed by atoms with Gasteiger partial charge in [-0.05, 0) is 16.7 Å². The molecule has 2 aromatic rings. The molecule has 2 rings (SSSR count). The molecule has 0 saturated carbocycles. The van der Waals surface area contributed by atoms with Gasteiger partial charge in [0, 0.05) is 10.9 Å². The summed E-state index contributed by atoms with van der Waals surface area (Å²) in [5.41, 5.74) is 3.82. The number of carbonyl (C=O) groups excluding carboxylic acids is 1. The molecule has 0 bridgehead atoms. The minimum absolute atomic E-state index is 0.0166. The molecule has 0 atom stereocenters. The van der Waals surface area contributed by atoms with Crippen LogP contribution in [0.15, 0.2) is 48.5 Å². The second-order valence-electron chi connectivity index (χ2n) is 3.87.